The van der Waals surface area contributed by atoms with Crippen LogP contribution in [-0.2, 0) is 0 Å². The summed E-state index contributed by atoms with van der Waals surface area (Å²) in [7, 11) is 0. The number of nitrogens with zero attached hydrogens (tertiary/aromatic N) is 1. The molecule has 2 amide bonds. The van der Waals surface area contributed by atoms with Crippen LogP contribution in [-0.4, -0.2) is 34.1 Å². The third kappa shape index (κ3) is 2.50. The van der Waals surface area contributed by atoms with E-state index in [2.05, 4.69) is 12.6 Å². The van der Waals surface area contributed by atoms with Crippen LogP contribution in [0.3, 0.4) is 0 Å². The lowest BCUT2D eigenvalue weighted by Gasteiger charge is -2.12. The maximum atomic E-state index is 12.0. The first-order chi connectivity index (χ1) is 8.25. The van der Waals surface area contributed by atoms with Crippen LogP contribution >= 0.6 is 24.4 Å². The van der Waals surface area contributed by atoms with E-state index in [-0.39, 0.29) is 11.8 Å². The SMILES string of the molecule is O=C1c2ccccc2C(=O)N1CCCSCS. The summed E-state index contributed by atoms with van der Waals surface area (Å²) >= 11 is 5.79. The van der Waals surface area contributed by atoms with E-state index < -0.39 is 0 Å². The van der Waals surface area contributed by atoms with E-state index in [0.717, 1.165) is 17.3 Å². The lowest BCUT2D eigenvalue weighted by Crippen LogP contribution is -2.30. The fourth-order valence-electron chi connectivity index (χ4n) is 1.83. The Morgan fingerprint density at radius 1 is 1.12 bits per heavy atom. The summed E-state index contributed by atoms with van der Waals surface area (Å²) in [5.41, 5.74) is 1.05. The number of carbonyl (C=O) groups is 2. The molecule has 0 N–H and O–H groups in total. The molecule has 17 heavy (non-hydrogen) atoms. The molecule has 1 aliphatic heterocycles. The number of benzene rings is 1. The van der Waals surface area contributed by atoms with Crippen LogP contribution < -0.4 is 0 Å². The summed E-state index contributed by atoms with van der Waals surface area (Å²) in [6, 6.07) is 6.98. The van der Waals surface area contributed by atoms with Gasteiger partial charge in [0.1, 0.15) is 0 Å². The van der Waals surface area contributed by atoms with Gasteiger partial charge in [0.25, 0.3) is 11.8 Å². The quantitative estimate of drug-likeness (QED) is 0.385. The molecule has 5 heteroatoms. The van der Waals surface area contributed by atoms with Gasteiger partial charge >= 0.3 is 0 Å². The van der Waals surface area contributed by atoms with E-state index in [4.69, 9.17) is 0 Å². The van der Waals surface area contributed by atoms with Crippen molar-refractivity contribution < 1.29 is 9.59 Å². The minimum atomic E-state index is -0.165. The Morgan fingerprint density at radius 3 is 2.24 bits per heavy atom. The van der Waals surface area contributed by atoms with Crippen LogP contribution in [0.15, 0.2) is 24.3 Å². The first kappa shape index (κ1) is 12.5. The Hall–Kier alpha value is -0.940. The van der Waals surface area contributed by atoms with Crippen LogP contribution in [0.25, 0.3) is 0 Å². The highest BCUT2D eigenvalue weighted by atomic mass is 32.2. The van der Waals surface area contributed by atoms with Crippen molar-refractivity contribution in [2.45, 2.75) is 6.42 Å². The number of fused-ring (bicyclic) bond motifs is 1. The molecule has 0 atom stereocenters. The molecule has 0 spiro atoms. The van der Waals surface area contributed by atoms with Gasteiger partial charge in [-0.05, 0) is 24.3 Å². The number of thiol groups is 1. The second-order valence-corrected chi connectivity index (χ2v) is 5.55. The normalized spacial score (nSPS) is 14.3. The maximum Gasteiger partial charge on any atom is 0.261 e. The van der Waals surface area contributed by atoms with Crippen molar-refractivity contribution >= 4 is 36.2 Å². The Morgan fingerprint density at radius 2 is 1.71 bits per heavy atom. The van der Waals surface area contributed by atoms with Crippen LogP contribution in [0.4, 0.5) is 0 Å². The molecular weight excluding hydrogens is 254 g/mol. The predicted molar refractivity (Wildman–Crippen MR) is 72.7 cm³/mol. The van der Waals surface area contributed by atoms with Crippen LogP contribution in [0.2, 0.25) is 0 Å². The smallest absolute Gasteiger partial charge is 0.261 e. The molecule has 0 aliphatic carbocycles. The molecule has 90 valence electrons. The fraction of sp³-hybridized carbons (Fsp3) is 0.333. The summed E-state index contributed by atoms with van der Waals surface area (Å²) in [4.78, 5) is 25.2. The Labute approximate surface area is 110 Å². The summed E-state index contributed by atoms with van der Waals surface area (Å²) in [6.07, 6.45) is 0.816. The highest BCUT2D eigenvalue weighted by Gasteiger charge is 2.34. The van der Waals surface area contributed by atoms with Gasteiger partial charge in [0, 0.05) is 11.6 Å². The van der Waals surface area contributed by atoms with E-state index in [1.54, 1.807) is 36.0 Å². The molecule has 0 saturated carbocycles. The second kappa shape index (κ2) is 5.60. The molecular formula is C12H13NO2S2. The number of amides is 2. The zero-order valence-corrected chi connectivity index (χ0v) is 11.0. The number of carbonyl (C=O) groups excluding carboxylic acids is 2. The van der Waals surface area contributed by atoms with E-state index >= 15 is 0 Å². The largest absolute Gasteiger partial charge is 0.274 e. The maximum absolute atomic E-state index is 12.0. The lowest BCUT2D eigenvalue weighted by molar-refractivity contribution is 0.0655. The third-order valence-electron chi connectivity index (χ3n) is 2.64. The van der Waals surface area contributed by atoms with Crippen molar-refractivity contribution in [3.8, 4) is 0 Å². The molecule has 0 fully saturated rings. The number of hydrogen-bond donors (Lipinski definition) is 1. The molecule has 0 radical (unpaired) electrons. The second-order valence-electron chi connectivity index (χ2n) is 3.70. The standard InChI is InChI=1S/C12H13NO2S2/c14-11-9-4-1-2-5-10(9)12(15)13(11)6-3-7-17-8-16/h1-2,4-5,16H,3,6-8H2. The molecule has 2 rings (SSSR count). The van der Waals surface area contributed by atoms with E-state index in [9.17, 15) is 9.59 Å². The van der Waals surface area contributed by atoms with E-state index in [1.165, 1.54) is 4.90 Å². The molecule has 0 saturated heterocycles. The molecule has 0 aromatic heterocycles. The van der Waals surface area contributed by atoms with Crippen molar-refractivity contribution in [3.63, 3.8) is 0 Å². The number of imide groups is 1. The van der Waals surface area contributed by atoms with E-state index in [1.807, 2.05) is 0 Å². The van der Waals surface area contributed by atoms with Crippen molar-refractivity contribution in [1.29, 1.82) is 0 Å². The third-order valence-corrected chi connectivity index (χ3v) is 3.95. The highest BCUT2D eigenvalue weighted by Crippen LogP contribution is 2.22. The molecule has 1 aromatic carbocycles. The average Bonchev–Trinajstić information content (AvgIpc) is 2.60. The number of hydrogen-bond acceptors (Lipinski definition) is 4. The fourth-order valence-corrected chi connectivity index (χ4v) is 2.68. The van der Waals surface area contributed by atoms with Gasteiger partial charge in [-0.15, -0.1) is 0 Å². The molecule has 0 unspecified atom stereocenters. The Bertz CT molecular complexity index is 413. The summed E-state index contributed by atoms with van der Waals surface area (Å²) in [5.74, 6) is 0.583. The van der Waals surface area contributed by atoms with Crippen LogP contribution in [0.1, 0.15) is 27.1 Å². The van der Waals surface area contributed by atoms with Crippen molar-refractivity contribution in [3.05, 3.63) is 35.4 Å². The molecule has 3 nitrogen and oxygen atoms in total. The Balaban J connectivity index is 2.03. The zero-order chi connectivity index (χ0) is 12.3. The van der Waals surface area contributed by atoms with Gasteiger partial charge in [0.15, 0.2) is 0 Å². The highest BCUT2D eigenvalue weighted by molar-refractivity contribution is 8.09. The van der Waals surface area contributed by atoms with Crippen molar-refractivity contribution in [2.75, 3.05) is 17.4 Å². The van der Waals surface area contributed by atoms with Gasteiger partial charge in [0.2, 0.25) is 0 Å². The first-order valence-corrected chi connectivity index (χ1v) is 7.18. The molecule has 1 heterocycles. The Kier molecular flexibility index (Phi) is 4.12. The summed E-state index contributed by atoms with van der Waals surface area (Å²) in [5, 5.41) is 0.766. The van der Waals surface area contributed by atoms with Gasteiger partial charge in [-0.1, -0.05) is 12.1 Å². The predicted octanol–water partition coefficient (Wildman–Crippen LogP) is 2.29. The minimum Gasteiger partial charge on any atom is -0.274 e. The number of thioether (sulfide) groups is 1. The van der Waals surface area contributed by atoms with Crippen molar-refractivity contribution in [1.82, 2.24) is 4.90 Å². The van der Waals surface area contributed by atoms with Crippen LogP contribution in [0, 0.1) is 0 Å². The van der Waals surface area contributed by atoms with Gasteiger partial charge in [-0.25, -0.2) is 0 Å². The van der Waals surface area contributed by atoms with Gasteiger partial charge in [0.05, 0.1) is 11.1 Å². The average molecular weight is 267 g/mol. The lowest BCUT2D eigenvalue weighted by atomic mass is 10.1. The first-order valence-electron chi connectivity index (χ1n) is 5.39. The zero-order valence-electron chi connectivity index (χ0n) is 9.26. The van der Waals surface area contributed by atoms with Crippen molar-refractivity contribution in [2.24, 2.45) is 0 Å². The van der Waals surface area contributed by atoms with Gasteiger partial charge in [-0.3, -0.25) is 14.5 Å². The summed E-state index contributed by atoms with van der Waals surface area (Å²) in [6.45, 7) is 0.493. The molecule has 1 aromatic rings. The monoisotopic (exact) mass is 267 g/mol. The molecule has 0 bridgehead atoms. The summed E-state index contributed by atoms with van der Waals surface area (Å²) < 4.78 is 0. The number of rotatable bonds is 5. The van der Waals surface area contributed by atoms with E-state index in [0.29, 0.717) is 17.7 Å². The van der Waals surface area contributed by atoms with Crippen LogP contribution in [0.5, 0.6) is 0 Å². The minimum absolute atomic E-state index is 0.165. The van der Waals surface area contributed by atoms with Gasteiger partial charge < -0.3 is 0 Å². The van der Waals surface area contributed by atoms with Gasteiger partial charge in [-0.2, -0.15) is 24.4 Å². The molecule has 1 aliphatic rings. The topological polar surface area (TPSA) is 37.4 Å².